The van der Waals surface area contributed by atoms with Gasteiger partial charge >= 0.3 is 0 Å². The van der Waals surface area contributed by atoms with Crippen LogP contribution in [0.1, 0.15) is 38.5 Å². The van der Waals surface area contributed by atoms with Gasteiger partial charge in [0.15, 0.2) is 30.6 Å². The Balaban J connectivity index is 1.32. The topological polar surface area (TPSA) is 427 Å². The van der Waals surface area contributed by atoms with Gasteiger partial charge in [0, 0.05) is 45.1 Å². The van der Waals surface area contributed by atoms with Crippen molar-refractivity contribution in [2.45, 2.75) is 154 Å². The van der Waals surface area contributed by atoms with Crippen LogP contribution in [0.4, 0.5) is 0 Å². The molecule has 24 heteroatoms. The summed E-state index contributed by atoms with van der Waals surface area (Å²) in [6, 6.07) is -3.15. The molecule has 0 aromatic carbocycles. The predicted molar refractivity (Wildman–Crippen MR) is 204 cm³/mol. The summed E-state index contributed by atoms with van der Waals surface area (Å²) in [5.41, 5.74) is 34.6. The zero-order chi connectivity index (χ0) is 43.2. The monoisotopic (exact) mass is 853 g/mol. The molecule has 342 valence electrons. The highest BCUT2D eigenvalue weighted by Crippen LogP contribution is 2.37. The number of nitrogens with one attached hydrogen (secondary N) is 2. The second-order valence-corrected chi connectivity index (χ2v) is 16.4. The van der Waals surface area contributed by atoms with E-state index in [0.717, 1.165) is 0 Å². The van der Waals surface area contributed by atoms with Crippen molar-refractivity contribution in [1.82, 2.24) is 10.6 Å². The third-order valence-electron chi connectivity index (χ3n) is 11.9. The molecule has 1 saturated carbocycles. The summed E-state index contributed by atoms with van der Waals surface area (Å²) >= 11 is 0. The fraction of sp³-hybridized carbons (Fsp3) is 0.943. The second-order valence-electron chi connectivity index (χ2n) is 16.4. The first-order valence-corrected chi connectivity index (χ1v) is 20.3. The van der Waals surface area contributed by atoms with E-state index in [4.69, 9.17) is 62.8 Å². The Morgan fingerprint density at radius 2 is 1.47 bits per heavy atom. The number of ketones is 1. The lowest BCUT2D eigenvalue weighted by Gasteiger charge is -2.47. The van der Waals surface area contributed by atoms with Crippen LogP contribution < -0.4 is 45.0 Å². The zero-order valence-corrected chi connectivity index (χ0v) is 33.0. The van der Waals surface area contributed by atoms with Crippen LogP contribution in [-0.4, -0.2) is 214 Å². The standard InChI is InChI=1S/C35H67N9O15/c36-10-20-25(50)26(51)23(39)32(54-20)58-29-22(12-45)56-33(27(29)52)59-30-24(49)14(8-18(47)17(46)1-4-44-34(40)41)7-15(37)28(30)57-31-16(38)9-19(48)21(55-31)11-43-13-35(53)2-5-42-6-3-35/h14-17,19-33,42-43,45-46,48-53H,1-13,36-39H2,(H4,40,41,44)/t14-,15-,16+,17-,19-,20-,21+,22+,23+,24-,25+,26+,27+,28+,29+,30+,31+,32+,33-/m0/s1. The number of ether oxygens (including phenoxy) is 6. The van der Waals surface area contributed by atoms with E-state index in [1.54, 1.807) is 0 Å². The maximum absolute atomic E-state index is 13.1. The second kappa shape index (κ2) is 21.5. The van der Waals surface area contributed by atoms with Crippen molar-refractivity contribution < 1.29 is 74.1 Å². The molecule has 19 atom stereocenters. The number of aliphatic imine (C=N–C) groups is 1. The highest BCUT2D eigenvalue weighted by Gasteiger charge is 2.54. The minimum Gasteiger partial charge on any atom is -0.394 e. The molecule has 24 nitrogen and oxygen atoms in total. The van der Waals surface area contributed by atoms with Crippen LogP contribution in [0.5, 0.6) is 0 Å². The van der Waals surface area contributed by atoms with Crippen LogP contribution in [0.3, 0.4) is 0 Å². The van der Waals surface area contributed by atoms with Gasteiger partial charge in [-0.2, -0.15) is 0 Å². The first kappa shape index (κ1) is 48.2. The lowest BCUT2D eigenvalue weighted by atomic mass is 9.76. The van der Waals surface area contributed by atoms with Crippen molar-refractivity contribution in [3.05, 3.63) is 0 Å². The van der Waals surface area contributed by atoms with Gasteiger partial charge in [-0.05, 0) is 44.7 Å². The summed E-state index contributed by atoms with van der Waals surface area (Å²) in [4.78, 5) is 16.9. The van der Waals surface area contributed by atoms with E-state index in [9.17, 15) is 45.6 Å². The van der Waals surface area contributed by atoms with E-state index in [2.05, 4.69) is 15.6 Å². The van der Waals surface area contributed by atoms with Crippen LogP contribution in [0.15, 0.2) is 4.99 Å². The molecule has 0 bridgehead atoms. The van der Waals surface area contributed by atoms with Gasteiger partial charge in [0.05, 0.1) is 42.6 Å². The molecule has 0 spiro atoms. The van der Waals surface area contributed by atoms with Crippen molar-refractivity contribution in [3.8, 4) is 0 Å². The number of carbonyl (C=O) groups is 1. The van der Waals surface area contributed by atoms with Gasteiger partial charge in [-0.15, -0.1) is 0 Å². The van der Waals surface area contributed by atoms with E-state index in [-0.39, 0.29) is 57.8 Å². The number of carbonyl (C=O) groups excluding carboxylic acids is 1. The zero-order valence-electron chi connectivity index (χ0n) is 33.0. The van der Waals surface area contributed by atoms with Gasteiger partial charge in [-0.1, -0.05) is 0 Å². The van der Waals surface area contributed by atoms with Crippen LogP contribution in [0, 0.1) is 5.92 Å². The fourth-order valence-corrected chi connectivity index (χ4v) is 8.35. The van der Waals surface area contributed by atoms with Crippen LogP contribution in [0.2, 0.25) is 0 Å². The number of nitrogens with zero attached hydrogens (tertiary/aromatic N) is 1. The summed E-state index contributed by atoms with van der Waals surface area (Å²) in [6.07, 6.45) is -19.4. The Morgan fingerprint density at radius 3 is 2.14 bits per heavy atom. The lowest BCUT2D eigenvalue weighted by molar-refractivity contribution is -0.299. The molecule has 59 heavy (non-hydrogen) atoms. The number of nitrogens with two attached hydrogens (primary N) is 6. The molecule has 22 N–H and O–H groups in total. The number of aliphatic hydroxyl groups is 8. The molecule has 0 aromatic rings. The molecule has 0 radical (unpaired) electrons. The number of piperidine rings is 1. The number of rotatable bonds is 18. The van der Waals surface area contributed by atoms with Crippen molar-refractivity contribution in [3.63, 3.8) is 0 Å². The normalized spacial score (nSPS) is 43.3. The van der Waals surface area contributed by atoms with E-state index < -0.39 is 134 Å². The largest absolute Gasteiger partial charge is 0.394 e. The summed E-state index contributed by atoms with van der Waals surface area (Å²) in [5.74, 6) is -1.75. The van der Waals surface area contributed by atoms with Crippen molar-refractivity contribution >= 4 is 11.7 Å². The van der Waals surface area contributed by atoms with Crippen LogP contribution in [-0.2, 0) is 33.2 Å². The molecule has 4 saturated heterocycles. The number of hydrogen-bond donors (Lipinski definition) is 16. The average Bonchev–Trinajstić information content (AvgIpc) is 3.49. The highest BCUT2D eigenvalue weighted by atomic mass is 16.8. The van der Waals surface area contributed by atoms with Crippen molar-refractivity contribution in [2.24, 2.45) is 45.3 Å². The third kappa shape index (κ3) is 12.0. The maximum Gasteiger partial charge on any atom is 0.187 e. The Bertz CT molecular complexity index is 1350. The smallest absolute Gasteiger partial charge is 0.187 e. The molecule has 5 rings (SSSR count). The Labute approximate surface area is 341 Å². The number of aliphatic hydroxyl groups excluding tert-OH is 7. The fourth-order valence-electron chi connectivity index (χ4n) is 8.35. The van der Waals surface area contributed by atoms with E-state index in [0.29, 0.717) is 25.9 Å². The number of hydrogen-bond acceptors (Lipinski definition) is 22. The quantitative estimate of drug-likeness (QED) is 0.0449. The van der Waals surface area contributed by atoms with Gasteiger partial charge < -0.3 is 114 Å². The molecule has 0 aromatic heterocycles. The summed E-state index contributed by atoms with van der Waals surface area (Å²) in [5, 5.41) is 93.1. The molecule has 4 aliphatic heterocycles. The van der Waals surface area contributed by atoms with Gasteiger partial charge in [0.25, 0.3) is 0 Å². The average molecular weight is 854 g/mol. The number of Topliss-reactive ketones (excluding diaryl/α,β-unsaturated/α-hetero) is 1. The summed E-state index contributed by atoms with van der Waals surface area (Å²) < 4.78 is 36.2. The first-order valence-electron chi connectivity index (χ1n) is 20.3. The number of guanidine groups is 1. The van der Waals surface area contributed by atoms with Crippen molar-refractivity contribution in [1.29, 1.82) is 0 Å². The maximum atomic E-state index is 13.1. The van der Waals surface area contributed by atoms with E-state index in [1.165, 1.54) is 0 Å². The first-order chi connectivity index (χ1) is 28.0. The lowest BCUT2D eigenvalue weighted by Crippen LogP contribution is -2.64. The molecule has 4 heterocycles. The Kier molecular flexibility index (Phi) is 17.5. The minimum absolute atomic E-state index is 0.00641. The van der Waals surface area contributed by atoms with Gasteiger partial charge in [-0.25, -0.2) is 0 Å². The van der Waals surface area contributed by atoms with E-state index in [1.807, 2.05) is 0 Å². The summed E-state index contributed by atoms with van der Waals surface area (Å²) in [7, 11) is 0. The molecular weight excluding hydrogens is 786 g/mol. The Morgan fingerprint density at radius 1 is 0.831 bits per heavy atom. The minimum atomic E-state index is -1.69. The van der Waals surface area contributed by atoms with Crippen LogP contribution >= 0.6 is 0 Å². The molecule has 0 amide bonds. The SMILES string of the molecule is NC[C@@H]1O[C@H](O[C@H]2[C@@H](O)[C@H](O[C@@H]3[C@@H](O)[C@H](CC(=O)[C@@H](O)CCN=C(N)N)C[C@H](N)[C@H]3O[C@H]3O[C@H](CNCC4(O)CCNCC4)[C@@H](O)C[C@H]3N)O[C@@H]2CO)[C@H](N)[C@@H](O)[C@@H]1O. The van der Waals surface area contributed by atoms with Crippen LogP contribution in [0.25, 0.3) is 0 Å². The molecule has 1 aliphatic carbocycles. The molecule has 0 unspecified atom stereocenters. The van der Waals surface area contributed by atoms with Gasteiger partial charge in [0.1, 0.15) is 54.9 Å². The highest BCUT2D eigenvalue weighted by molar-refractivity contribution is 5.83. The molecule has 5 aliphatic rings. The van der Waals surface area contributed by atoms with Gasteiger partial charge in [0.2, 0.25) is 0 Å². The third-order valence-corrected chi connectivity index (χ3v) is 11.9. The van der Waals surface area contributed by atoms with Crippen molar-refractivity contribution in [2.75, 3.05) is 45.9 Å². The Hall–Kier alpha value is -1.86. The molecule has 5 fully saturated rings. The predicted octanol–water partition coefficient (Wildman–Crippen LogP) is -8.85. The van der Waals surface area contributed by atoms with Gasteiger partial charge in [-0.3, -0.25) is 9.79 Å². The van der Waals surface area contributed by atoms with E-state index >= 15 is 0 Å². The summed E-state index contributed by atoms with van der Waals surface area (Å²) in [6.45, 7) is 0.811. The molecular formula is C35H67N9O15.